The average molecular weight is 569 g/mol. The van der Waals surface area contributed by atoms with Crippen LogP contribution in [0.25, 0.3) is 10.9 Å². The lowest BCUT2D eigenvalue weighted by Crippen LogP contribution is -2.35. The summed E-state index contributed by atoms with van der Waals surface area (Å²) in [4.78, 5) is 55.9. The van der Waals surface area contributed by atoms with Crippen molar-refractivity contribution in [1.29, 1.82) is 0 Å². The van der Waals surface area contributed by atoms with Crippen molar-refractivity contribution in [3.8, 4) is 0 Å². The summed E-state index contributed by atoms with van der Waals surface area (Å²) in [5.74, 6) is -2.26. The number of nitrogens with zero attached hydrogens (tertiary/aromatic N) is 2. The fourth-order valence-corrected chi connectivity index (χ4v) is 4.05. The molecule has 0 aliphatic heterocycles. The average Bonchev–Trinajstić information content (AvgIpc) is 2.95. The van der Waals surface area contributed by atoms with Gasteiger partial charge in [-0.25, -0.2) is 9.59 Å². The monoisotopic (exact) mass is 568 g/mol. The Morgan fingerprint density at radius 2 is 1.60 bits per heavy atom. The molecule has 0 aliphatic rings. The van der Waals surface area contributed by atoms with E-state index in [1.165, 1.54) is 29.3 Å². The molecule has 1 heterocycles. The van der Waals surface area contributed by atoms with Crippen LogP contribution in [0, 0.1) is 0 Å². The number of hydrogen-bond acceptors (Lipinski definition) is 6. The Labute approximate surface area is 243 Å². The smallest absolute Gasteiger partial charge is 0.410 e. The van der Waals surface area contributed by atoms with Gasteiger partial charge < -0.3 is 25.4 Å². The van der Waals surface area contributed by atoms with Crippen LogP contribution in [0.2, 0.25) is 0 Å². The summed E-state index contributed by atoms with van der Waals surface area (Å²) in [5.41, 5.74) is 1.91. The molecule has 3 amide bonds. The van der Waals surface area contributed by atoms with E-state index in [2.05, 4.69) is 15.6 Å². The number of carbonyl (C=O) groups is 4. The molecule has 0 unspecified atom stereocenters. The lowest BCUT2D eigenvalue weighted by atomic mass is 10.1. The number of benzene rings is 3. The van der Waals surface area contributed by atoms with Crippen LogP contribution in [0.4, 0.5) is 16.2 Å². The molecule has 0 saturated heterocycles. The number of carboxylic acids is 1. The van der Waals surface area contributed by atoms with E-state index in [9.17, 15) is 24.3 Å². The van der Waals surface area contributed by atoms with E-state index in [1.54, 1.807) is 25.2 Å². The first kappa shape index (κ1) is 29.7. The lowest BCUT2D eigenvalue weighted by Gasteiger charge is -2.24. The number of carbonyl (C=O) groups excluding carboxylic acids is 3. The fourth-order valence-electron chi connectivity index (χ4n) is 4.05. The second-order valence-electron chi connectivity index (χ2n) is 10.7. The number of para-hydroxylation sites is 1. The molecule has 0 bridgehead atoms. The Hall–Kier alpha value is -5.25. The largest absolute Gasteiger partial charge is 0.478 e. The van der Waals surface area contributed by atoms with E-state index in [-0.39, 0.29) is 22.4 Å². The van der Waals surface area contributed by atoms with Crippen molar-refractivity contribution in [2.45, 2.75) is 32.8 Å². The molecule has 4 aromatic rings. The zero-order valence-corrected chi connectivity index (χ0v) is 23.8. The van der Waals surface area contributed by atoms with Crippen molar-refractivity contribution < 1.29 is 29.0 Å². The summed E-state index contributed by atoms with van der Waals surface area (Å²) in [5, 5.41) is 15.7. The summed E-state index contributed by atoms with van der Waals surface area (Å²) >= 11 is 0. The summed E-state index contributed by atoms with van der Waals surface area (Å²) in [6, 6.07) is 20.0. The van der Waals surface area contributed by atoms with Crippen LogP contribution in [0.15, 0.2) is 79.0 Å². The molecule has 0 aliphatic carbocycles. The van der Waals surface area contributed by atoms with Crippen LogP contribution in [-0.4, -0.2) is 58.1 Å². The van der Waals surface area contributed by atoms with Gasteiger partial charge in [0.05, 0.1) is 27.9 Å². The predicted molar refractivity (Wildman–Crippen MR) is 160 cm³/mol. The number of anilines is 2. The molecule has 216 valence electrons. The predicted octanol–water partition coefficient (Wildman–Crippen LogP) is 5.85. The van der Waals surface area contributed by atoms with Gasteiger partial charge in [0.25, 0.3) is 11.8 Å². The van der Waals surface area contributed by atoms with Gasteiger partial charge in [-0.15, -0.1) is 0 Å². The quantitative estimate of drug-likeness (QED) is 0.242. The number of aromatic carboxylic acids is 1. The fraction of sp³-hybridized carbons (Fsp3) is 0.219. The van der Waals surface area contributed by atoms with Crippen molar-refractivity contribution in [2.24, 2.45) is 0 Å². The van der Waals surface area contributed by atoms with Crippen LogP contribution in [0.5, 0.6) is 0 Å². The van der Waals surface area contributed by atoms with Gasteiger partial charge in [0.2, 0.25) is 0 Å². The van der Waals surface area contributed by atoms with E-state index in [4.69, 9.17) is 4.74 Å². The molecular formula is C32H32N4O6. The van der Waals surface area contributed by atoms with Crippen LogP contribution in [0.1, 0.15) is 57.4 Å². The Balaban J connectivity index is 1.46. The number of rotatable bonds is 8. The first-order valence-corrected chi connectivity index (χ1v) is 13.3. The van der Waals surface area contributed by atoms with E-state index in [0.717, 1.165) is 16.5 Å². The lowest BCUT2D eigenvalue weighted by molar-refractivity contribution is 0.0300. The molecular weight excluding hydrogens is 536 g/mol. The number of aromatic nitrogens is 1. The van der Waals surface area contributed by atoms with Gasteiger partial charge in [-0.2, -0.15) is 0 Å². The normalized spacial score (nSPS) is 11.0. The maximum absolute atomic E-state index is 13.2. The second kappa shape index (κ2) is 12.5. The minimum absolute atomic E-state index is 0.0485. The highest BCUT2D eigenvalue weighted by atomic mass is 16.6. The SMILES string of the molecule is CN(CCc1ccc(NC(=O)c2ccc(C(=O)O)cc2NC(=O)c2cnc3ccccc3c2)cc1)C(=O)OC(C)(C)C. The van der Waals surface area contributed by atoms with Gasteiger partial charge in [-0.1, -0.05) is 30.3 Å². The Morgan fingerprint density at radius 3 is 2.29 bits per heavy atom. The molecule has 42 heavy (non-hydrogen) atoms. The standard InChI is InChI=1S/C32H32N4O6/c1-32(2,3)42-31(41)36(4)16-15-20-9-12-24(13-10-20)34-29(38)25-14-11-22(30(39)40)18-27(25)35-28(37)23-17-21-7-5-6-8-26(21)33-19-23/h5-14,17-19H,15-16H2,1-4H3,(H,34,38)(H,35,37)(H,39,40). The third kappa shape index (κ3) is 7.69. The molecule has 1 aromatic heterocycles. The number of nitrogens with one attached hydrogen (secondary N) is 2. The van der Waals surface area contributed by atoms with E-state index in [1.807, 2.05) is 57.2 Å². The number of amides is 3. The maximum Gasteiger partial charge on any atom is 0.410 e. The van der Waals surface area contributed by atoms with Crippen molar-refractivity contribution in [3.05, 3.63) is 101 Å². The molecule has 10 heteroatoms. The highest BCUT2D eigenvalue weighted by molar-refractivity contribution is 6.13. The summed E-state index contributed by atoms with van der Waals surface area (Å²) in [7, 11) is 1.67. The van der Waals surface area contributed by atoms with Crippen molar-refractivity contribution in [2.75, 3.05) is 24.2 Å². The minimum atomic E-state index is -1.20. The number of ether oxygens (including phenoxy) is 1. The number of fused-ring (bicyclic) bond motifs is 1. The van der Waals surface area contributed by atoms with E-state index >= 15 is 0 Å². The third-order valence-corrected chi connectivity index (χ3v) is 6.26. The Kier molecular flexibility index (Phi) is 8.85. The zero-order valence-electron chi connectivity index (χ0n) is 23.8. The highest BCUT2D eigenvalue weighted by Crippen LogP contribution is 2.22. The minimum Gasteiger partial charge on any atom is -0.478 e. The third-order valence-electron chi connectivity index (χ3n) is 6.26. The van der Waals surface area contributed by atoms with Gasteiger partial charge in [0.1, 0.15) is 5.60 Å². The molecule has 4 rings (SSSR count). The summed E-state index contributed by atoms with van der Waals surface area (Å²) in [6.07, 6.45) is 1.60. The zero-order chi connectivity index (χ0) is 30.4. The number of pyridine rings is 1. The molecule has 0 radical (unpaired) electrons. The topological polar surface area (TPSA) is 138 Å². The van der Waals surface area contributed by atoms with Crippen LogP contribution >= 0.6 is 0 Å². The van der Waals surface area contributed by atoms with Gasteiger partial charge in [-0.05, 0) is 75.2 Å². The van der Waals surface area contributed by atoms with Crippen molar-refractivity contribution >= 4 is 46.2 Å². The first-order chi connectivity index (χ1) is 19.9. The highest BCUT2D eigenvalue weighted by Gasteiger charge is 2.20. The molecule has 0 spiro atoms. The maximum atomic E-state index is 13.2. The second-order valence-corrected chi connectivity index (χ2v) is 10.7. The molecule has 10 nitrogen and oxygen atoms in total. The van der Waals surface area contributed by atoms with E-state index < -0.39 is 29.5 Å². The van der Waals surface area contributed by atoms with Gasteiger partial charge in [0.15, 0.2) is 0 Å². The number of carboxylic acid groups (broad SMARTS) is 1. The van der Waals surface area contributed by atoms with Crippen LogP contribution in [-0.2, 0) is 11.2 Å². The summed E-state index contributed by atoms with van der Waals surface area (Å²) in [6.45, 7) is 5.88. The molecule has 3 aromatic carbocycles. The number of likely N-dealkylation sites (N-methyl/N-ethyl adjacent to an activating group) is 1. The van der Waals surface area contributed by atoms with Gasteiger partial charge in [0, 0.05) is 30.9 Å². The molecule has 0 saturated carbocycles. The van der Waals surface area contributed by atoms with Crippen molar-refractivity contribution in [3.63, 3.8) is 0 Å². The Bertz CT molecular complexity index is 1640. The Morgan fingerprint density at radius 1 is 0.881 bits per heavy atom. The molecule has 0 fully saturated rings. The van der Waals surface area contributed by atoms with Crippen LogP contribution < -0.4 is 10.6 Å². The molecule has 0 atom stereocenters. The van der Waals surface area contributed by atoms with Crippen LogP contribution in [0.3, 0.4) is 0 Å². The molecule has 3 N–H and O–H groups in total. The van der Waals surface area contributed by atoms with Gasteiger partial charge >= 0.3 is 12.1 Å². The number of hydrogen-bond donors (Lipinski definition) is 3. The summed E-state index contributed by atoms with van der Waals surface area (Å²) < 4.78 is 5.37. The van der Waals surface area contributed by atoms with Gasteiger partial charge in [-0.3, -0.25) is 14.6 Å². The van der Waals surface area contributed by atoms with E-state index in [0.29, 0.717) is 18.7 Å². The first-order valence-electron chi connectivity index (χ1n) is 13.3. The van der Waals surface area contributed by atoms with Crippen molar-refractivity contribution in [1.82, 2.24) is 9.88 Å².